The van der Waals surface area contributed by atoms with Gasteiger partial charge in [0.1, 0.15) is 31.8 Å². The zero-order chi connectivity index (χ0) is 61.8. The molecule has 0 unspecified atom stereocenters. The molecule has 0 amide bonds. The summed E-state index contributed by atoms with van der Waals surface area (Å²) >= 11 is 0. The first-order chi connectivity index (χ1) is 43.7. The summed E-state index contributed by atoms with van der Waals surface area (Å²) in [5, 5.41) is 7.13. The molecular formula is C73H80N4O12. The summed E-state index contributed by atoms with van der Waals surface area (Å²) in [6, 6.07) is 78.9. The van der Waals surface area contributed by atoms with Crippen LogP contribution in [0, 0.1) is 5.41 Å². The predicted octanol–water partition coefficient (Wildman–Crippen LogP) is 12.2. The van der Waals surface area contributed by atoms with Crippen molar-refractivity contribution in [1.82, 2.24) is 20.3 Å². The van der Waals surface area contributed by atoms with Gasteiger partial charge in [0.05, 0.1) is 52.1 Å². The first-order valence-corrected chi connectivity index (χ1v) is 30.1. The van der Waals surface area contributed by atoms with Crippen LogP contribution >= 0.6 is 0 Å². The minimum Gasteiger partial charge on any atom is -0.465 e. The van der Waals surface area contributed by atoms with Crippen LogP contribution in [-0.4, -0.2) is 97.0 Å². The van der Waals surface area contributed by atoms with Gasteiger partial charge in [0.2, 0.25) is 0 Å². The van der Waals surface area contributed by atoms with Crippen molar-refractivity contribution in [3.8, 4) is 0 Å². The maximum absolute atomic E-state index is 13.9. The van der Waals surface area contributed by atoms with Gasteiger partial charge < -0.3 is 18.9 Å². The minimum absolute atomic E-state index is 0.0346. The monoisotopic (exact) mass is 1200 g/mol. The number of hydrogen-bond donors (Lipinski definition) is 0. The topological polar surface area (TPSA) is 155 Å². The normalized spacial score (nSPS) is 11.5. The minimum atomic E-state index is -1.60. The number of carbonyl (C=O) groups is 4. The van der Waals surface area contributed by atoms with Crippen LogP contribution in [0.15, 0.2) is 243 Å². The molecule has 0 aliphatic heterocycles. The largest absolute Gasteiger partial charge is 0.465 e. The molecule has 0 saturated heterocycles. The van der Waals surface area contributed by atoms with Crippen LogP contribution in [0.2, 0.25) is 0 Å². The van der Waals surface area contributed by atoms with Crippen molar-refractivity contribution in [2.24, 2.45) is 5.41 Å². The Morgan fingerprint density at radius 3 is 0.528 bits per heavy atom. The molecule has 0 aromatic heterocycles. The van der Waals surface area contributed by atoms with Gasteiger partial charge in [-0.05, 0) is 44.5 Å². The molecule has 0 radical (unpaired) electrons. The highest BCUT2D eigenvalue weighted by Gasteiger charge is 2.38. The van der Waals surface area contributed by atoms with Crippen LogP contribution < -0.4 is 0 Å². The van der Waals surface area contributed by atoms with Crippen LogP contribution in [0.3, 0.4) is 0 Å². The number of nitrogens with zero attached hydrogens (tertiary/aromatic N) is 4. The zero-order valence-corrected chi connectivity index (χ0v) is 50.4. The van der Waals surface area contributed by atoms with Gasteiger partial charge in [0.15, 0.2) is 0 Å². The summed E-state index contributed by atoms with van der Waals surface area (Å²) in [6.07, 6.45) is -0.687. The van der Waals surface area contributed by atoms with E-state index < -0.39 is 55.7 Å². The van der Waals surface area contributed by atoms with Gasteiger partial charge in [-0.15, -0.1) is 0 Å². The van der Waals surface area contributed by atoms with Crippen LogP contribution in [-0.2, 0) is 110 Å². The fourth-order valence-corrected chi connectivity index (χ4v) is 9.39. The van der Waals surface area contributed by atoms with Crippen LogP contribution in [0.5, 0.6) is 0 Å². The Labute approximate surface area is 522 Å². The predicted molar refractivity (Wildman–Crippen MR) is 337 cm³/mol. The van der Waals surface area contributed by atoms with Crippen LogP contribution in [0.4, 0.5) is 0 Å². The molecule has 0 aliphatic carbocycles. The van der Waals surface area contributed by atoms with Gasteiger partial charge in [-0.25, -0.2) is 0 Å². The molecule has 0 bridgehead atoms. The fourth-order valence-electron chi connectivity index (χ4n) is 9.39. The van der Waals surface area contributed by atoms with E-state index in [1.165, 1.54) is 0 Å². The number of ether oxygens (including phenoxy) is 4. The number of carbonyl (C=O) groups excluding carboxylic acids is 4. The fraction of sp³-hybridized carbons (Fsp3) is 0.288. The molecule has 0 fully saturated rings. The van der Waals surface area contributed by atoms with E-state index in [1.807, 2.05) is 243 Å². The number of esters is 4. The lowest BCUT2D eigenvalue weighted by Gasteiger charge is -2.32. The van der Waals surface area contributed by atoms with Crippen molar-refractivity contribution in [2.45, 2.75) is 78.0 Å². The van der Waals surface area contributed by atoms with E-state index in [-0.39, 0.29) is 52.1 Å². The Kier molecular flexibility index (Phi) is 28.2. The van der Waals surface area contributed by atoms with E-state index >= 15 is 0 Å². The maximum Gasteiger partial charge on any atom is 0.308 e. The molecule has 0 spiro atoms. The van der Waals surface area contributed by atoms with Crippen molar-refractivity contribution in [3.05, 3.63) is 287 Å². The summed E-state index contributed by atoms with van der Waals surface area (Å²) < 4.78 is 24.0. The van der Waals surface area contributed by atoms with Gasteiger partial charge in [0.25, 0.3) is 0 Å². The molecule has 16 nitrogen and oxygen atoms in total. The number of hydrogen-bond acceptors (Lipinski definition) is 16. The van der Waals surface area contributed by atoms with Crippen LogP contribution in [0.1, 0.15) is 70.2 Å². The Balaban J connectivity index is 0.969. The highest BCUT2D eigenvalue weighted by Crippen LogP contribution is 2.24. The van der Waals surface area contributed by atoms with Crippen molar-refractivity contribution in [1.29, 1.82) is 0 Å². The van der Waals surface area contributed by atoms with E-state index in [0.717, 1.165) is 44.5 Å². The molecule has 16 heteroatoms. The quantitative estimate of drug-likeness (QED) is 0.0203. The molecule has 0 atom stereocenters. The Hall–Kier alpha value is -8.68. The lowest BCUT2D eigenvalue weighted by Crippen LogP contribution is -2.44. The van der Waals surface area contributed by atoms with Crippen LogP contribution in [0.25, 0.3) is 0 Å². The molecule has 0 N–H and O–H groups in total. The summed E-state index contributed by atoms with van der Waals surface area (Å²) in [6.45, 7) is 1.54. The SMILES string of the molecule is O=C(CCON(Cc1ccccc1)Cc1ccccc1)OCC(COC(=O)CCON(Cc1ccccc1)Cc1ccccc1)(COC(=O)CCON(Cc1ccccc1)Cc1ccccc1)COC(=O)CCON(Cc1ccccc1)Cc1ccccc1. The Morgan fingerprint density at radius 2 is 0.382 bits per heavy atom. The van der Waals surface area contributed by atoms with Gasteiger partial charge in [0, 0.05) is 52.4 Å². The zero-order valence-electron chi connectivity index (χ0n) is 50.4. The Bertz CT molecular complexity index is 2640. The molecule has 8 aromatic carbocycles. The molecule has 8 aromatic rings. The van der Waals surface area contributed by atoms with E-state index in [9.17, 15) is 19.2 Å². The number of benzene rings is 8. The molecule has 8 rings (SSSR count). The van der Waals surface area contributed by atoms with E-state index in [0.29, 0.717) is 52.4 Å². The summed E-state index contributed by atoms with van der Waals surface area (Å²) in [5.41, 5.74) is 6.54. The smallest absolute Gasteiger partial charge is 0.308 e. The number of rotatable bonds is 40. The second-order valence-corrected chi connectivity index (χ2v) is 21.6. The molecular weight excluding hydrogens is 1120 g/mol. The van der Waals surface area contributed by atoms with E-state index in [1.54, 1.807) is 20.3 Å². The van der Waals surface area contributed by atoms with Gasteiger partial charge in [-0.2, -0.15) is 20.3 Å². The number of hydroxylamine groups is 8. The first kappa shape index (κ1) is 66.3. The van der Waals surface area contributed by atoms with Crippen molar-refractivity contribution >= 4 is 23.9 Å². The van der Waals surface area contributed by atoms with Gasteiger partial charge in [-0.3, -0.25) is 38.5 Å². The highest BCUT2D eigenvalue weighted by molar-refractivity contribution is 5.71. The summed E-state index contributed by atoms with van der Waals surface area (Å²) in [4.78, 5) is 80.5. The summed E-state index contributed by atoms with van der Waals surface area (Å²) in [5.74, 6) is -2.62. The Morgan fingerprint density at radius 1 is 0.236 bits per heavy atom. The van der Waals surface area contributed by atoms with E-state index in [4.69, 9.17) is 38.3 Å². The third-order valence-electron chi connectivity index (χ3n) is 14.1. The lowest BCUT2D eigenvalue weighted by molar-refractivity contribution is -0.189. The average molecular weight is 1210 g/mol. The van der Waals surface area contributed by atoms with Gasteiger partial charge in [-0.1, -0.05) is 243 Å². The molecule has 89 heavy (non-hydrogen) atoms. The molecule has 0 heterocycles. The van der Waals surface area contributed by atoms with Crippen molar-refractivity contribution in [3.63, 3.8) is 0 Å². The molecule has 0 aliphatic rings. The third-order valence-corrected chi connectivity index (χ3v) is 14.1. The second-order valence-electron chi connectivity index (χ2n) is 21.6. The van der Waals surface area contributed by atoms with E-state index in [2.05, 4.69) is 0 Å². The highest BCUT2D eigenvalue weighted by atomic mass is 16.7. The molecule has 0 saturated carbocycles. The molecule has 464 valence electrons. The average Bonchev–Trinajstić information content (AvgIpc) is 3.64. The second kappa shape index (κ2) is 37.9. The first-order valence-electron chi connectivity index (χ1n) is 30.1. The standard InChI is InChI=1S/C73H80N4O12/c78-69(41-45-86-74(49-61-25-9-1-10-26-61)50-62-27-11-2-12-28-62)82-57-73(58-83-70(79)42-46-87-75(51-63-29-13-3-14-30-63)52-64-31-15-4-16-32-64,59-84-71(80)43-47-88-76(53-65-33-17-5-18-34-65)54-66-35-19-6-20-36-66)60-85-72(81)44-48-89-77(55-67-37-21-7-22-38-67)56-68-39-23-8-24-40-68/h1-40H,41-60H2. The van der Waals surface area contributed by atoms with Crippen molar-refractivity contribution in [2.75, 3.05) is 52.9 Å². The maximum atomic E-state index is 13.9. The lowest BCUT2D eigenvalue weighted by atomic mass is 9.92. The van der Waals surface area contributed by atoms with Crippen molar-refractivity contribution < 1.29 is 57.5 Å². The van der Waals surface area contributed by atoms with Gasteiger partial charge >= 0.3 is 23.9 Å². The summed E-state index contributed by atoms with van der Waals surface area (Å²) in [7, 11) is 0. The third kappa shape index (κ3) is 25.9.